The number of carbonyl (C=O) groups is 2. The summed E-state index contributed by atoms with van der Waals surface area (Å²) in [4.78, 5) is 26.2. The third kappa shape index (κ3) is 2.83. The van der Waals surface area contributed by atoms with Crippen LogP contribution in [0, 0.1) is 0 Å². The molecule has 0 spiro atoms. The first-order valence-corrected chi connectivity index (χ1v) is 6.82. The van der Waals surface area contributed by atoms with Crippen molar-refractivity contribution in [1.82, 2.24) is 4.98 Å². The number of aromatic amines is 1. The Labute approximate surface area is 126 Å². The molecule has 5 heteroatoms. The Morgan fingerprint density at radius 2 is 1.91 bits per heavy atom. The van der Waals surface area contributed by atoms with E-state index < -0.39 is 5.97 Å². The van der Waals surface area contributed by atoms with Gasteiger partial charge in [-0.1, -0.05) is 24.3 Å². The van der Waals surface area contributed by atoms with Crippen molar-refractivity contribution in [3.8, 4) is 0 Å². The highest BCUT2D eigenvalue weighted by Crippen LogP contribution is 2.19. The van der Waals surface area contributed by atoms with E-state index in [2.05, 4.69) is 10.3 Å². The molecular formula is C17H14N2O3. The van der Waals surface area contributed by atoms with Crippen molar-refractivity contribution in [1.29, 1.82) is 0 Å². The molecule has 110 valence electrons. The summed E-state index contributed by atoms with van der Waals surface area (Å²) in [5.41, 5.74) is 2.51. The summed E-state index contributed by atoms with van der Waals surface area (Å²) in [5.74, 6) is -1.21. The Balaban J connectivity index is 1.75. The van der Waals surface area contributed by atoms with Gasteiger partial charge >= 0.3 is 5.97 Å². The van der Waals surface area contributed by atoms with E-state index >= 15 is 0 Å². The van der Waals surface area contributed by atoms with Gasteiger partial charge in [-0.15, -0.1) is 0 Å². The lowest BCUT2D eigenvalue weighted by Crippen LogP contribution is -2.14. The van der Waals surface area contributed by atoms with E-state index in [1.54, 1.807) is 12.1 Å². The molecule has 0 unspecified atom stereocenters. The summed E-state index contributed by atoms with van der Waals surface area (Å²) in [6.07, 6.45) is 2.04. The Kier molecular flexibility index (Phi) is 3.62. The number of anilines is 1. The molecule has 0 atom stereocenters. The number of aromatic carboxylic acids is 1. The van der Waals surface area contributed by atoms with Crippen molar-refractivity contribution in [2.45, 2.75) is 6.42 Å². The lowest BCUT2D eigenvalue weighted by Gasteiger charge is -2.05. The molecule has 0 saturated heterocycles. The molecule has 5 nitrogen and oxygen atoms in total. The van der Waals surface area contributed by atoms with Crippen LogP contribution >= 0.6 is 0 Å². The zero-order valence-corrected chi connectivity index (χ0v) is 11.7. The minimum absolute atomic E-state index is 0.143. The van der Waals surface area contributed by atoms with Gasteiger partial charge in [0.25, 0.3) is 0 Å². The van der Waals surface area contributed by atoms with Gasteiger partial charge in [0, 0.05) is 22.8 Å². The highest BCUT2D eigenvalue weighted by molar-refractivity contribution is 5.97. The zero-order valence-electron chi connectivity index (χ0n) is 11.7. The molecule has 0 aliphatic carbocycles. The summed E-state index contributed by atoms with van der Waals surface area (Å²) in [5, 5.41) is 12.7. The molecule has 1 heterocycles. The van der Waals surface area contributed by atoms with E-state index in [1.807, 2.05) is 30.5 Å². The van der Waals surface area contributed by atoms with Gasteiger partial charge in [-0.25, -0.2) is 4.79 Å². The second-order valence-corrected chi connectivity index (χ2v) is 4.97. The van der Waals surface area contributed by atoms with Gasteiger partial charge in [0.05, 0.1) is 12.0 Å². The lowest BCUT2D eigenvalue weighted by atomic mass is 10.1. The van der Waals surface area contributed by atoms with Crippen LogP contribution in [0.25, 0.3) is 10.9 Å². The number of carboxylic acids is 1. The number of hydrogen-bond acceptors (Lipinski definition) is 2. The molecule has 0 radical (unpaired) electrons. The van der Waals surface area contributed by atoms with Crippen LogP contribution in [0.3, 0.4) is 0 Å². The number of aromatic nitrogens is 1. The van der Waals surface area contributed by atoms with Crippen LogP contribution in [0.5, 0.6) is 0 Å². The molecule has 0 aliphatic heterocycles. The number of nitrogens with one attached hydrogen (secondary N) is 2. The summed E-state index contributed by atoms with van der Waals surface area (Å²) in [6.45, 7) is 0. The van der Waals surface area contributed by atoms with Crippen LogP contribution in [0.2, 0.25) is 0 Å². The summed E-state index contributed by atoms with van der Waals surface area (Å²) < 4.78 is 0. The molecule has 22 heavy (non-hydrogen) atoms. The monoisotopic (exact) mass is 294 g/mol. The quantitative estimate of drug-likeness (QED) is 0.691. The molecule has 1 aromatic heterocycles. The number of carbonyl (C=O) groups excluding carboxylic acids is 1. The maximum absolute atomic E-state index is 12.1. The Morgan fingerprint density at radius 1 is 1.09 bits per heavy atom. The van der Waals surface area contributed by atoms with E-state index in [1.165, 1.54) is 12.1 Å². The van der Waals surface area contributed by atoms with Crippen LogP contribution in [0.1, 0.15) is 15.9 Å². The number of para-hydroxylation sites is 1. The van der Waals surface area contributed by atoms with Gasteiger partial charge in [-0.05, 0) is 29.8 Å². The average molecular weight is 294 g/mol. The minimum Gasteiger partial charge on any atom is -0.478 e. The van der Waals surface area contributed by atoms with Gasteiger partial charge in [-0.3, -0.25) is 4.79 Å². The van der Waals surface area contributed by atoms with Crippen LogP contribution in [0.4, 0.5) is 5.69 Å². The highest BCUT2D eigenvalue weighted by Gasteiger charge is 2.10. The fraction of sp³-hybridized carbons (Fsp3) is 0.0588. The number of benzene rings is 2. The van der Waals surface area contributed by atoms with Gasteiger partial charge in [0.15, 0.2) is 0 Å². The van der Waals surface area contributed by atoms with E-state index in [4.69, 9.17) is 5.11 Å². The SMILES string of the molecule is O=C(Cc1c[nH]c2ccccc12)Nc1cccc(C(=O)O)c1. The van der Waals surface area contributed by atoms with Gasteiger partial charge in [0.2, 0.25) is 5.91 Å². The molecule has 3 rings (SSSR count). The normalized spacial score (nSPS) is 10.5. The van der Waals surface area contributed by atoms with Crippen LogP contribution in [-0.4, -0.2) is 22.0 Å². The van der Waals surface area contributed by atoms with E-state index in [0.717, 1.165) is 16.5 Å². The number of rotatable bonds is 4. The van der Waals surface area contributed by atoms with Crippen molar-refractivity contribution in [3.05, 3.63) is 65.9 Å². The molecule has 1 amide bonds. The molecule has 3 N–H and O–H groups in total. The number of H-pyrrole nitrogens is 1. The second kappa shape index (κ2) is 5.73. The van der Waals surface area contributed by atoms with Crippen molar-refractivity contribution in [3.63, 3.8) is 0 Å². The van der Waals surface area contributed by atoms with Crippen LogP contribution < -0.4 is 5.32 Å². The number of hydrogen-bond donors (Lipinski definition) is 3. The number of fused-ring (bicyclic) bond motifs is 1. The standard InChI is InChI=1S/C17H14N2O3/c20-16(19-13-5-3-4-11(8-13)17(21)22)9-12-10-18-15-7-2-1-6-14(12)15/h1-8,10,18H,9H2,(H,19,20)(H,21,22). The smallest absolute Gasteiger partial charge is 0.335 e. The van der Waals surface area contributed by atoms with Crippen molar-refractivity contribution in [2.24, 2.45) is 0 Å². The summed E-state index contributed by atoms with van der Waals surface area (Å²) in [7, 11) is 0. The lowest BCUT2D eigenvalue weighted by molar-refractivity contribution is -0.115. The molecular weight excluding hydrogens is 280 g/mol. The Hall–Kier alpha value is -3.08. The Bertz CT molecular complexity index is 852. The maximum Gasteiger partial charge on any atom is 0.335 e. The first-order chi connectivity index (χ1) is 10.6. The fourth-order valence-corrected chi connectivity index (χ4v) is 2.39. The zero-order chi connectivity index (χ0) is 15.5. The largest absolute Gasteiger partial charge is 0.478 e. The van der Waals surface area contributed by atoms with Gasteiger partial charge in [0.1, 0.15) is 0 Å². The molecule has 2 aromatic carbocycles. The second-order valence-electron chi connectivity index (χ2n) is 4.97. The van der Waals surface area contributed by atoms with Gasteiger partial charge in [-0.2, -0.15) is 0 Å². The highest BCUT2D eigenvalue weighted by atomic mass is 16.4. The molecule has 0 fully saturated rings. The van der Waals surface area contributed by atoms with Crippen molar-refractivity contribution >= 4 is 28.5 Å². The molecule has 0 saturated carbocycles. The van der Waals surface area contributed by atoms with E-state index in [9.17, 15) is 9.59 Å². The fourth-order valence-electron chi connectivity index (χ4n) is 2.39. The molecule has 0 bridgehead atoms. The van der Waals surface area contributed by atoms with Gasteiger partial charge < -0.3 is 15.4 Å². The predicted octanol–water partition coefficient (Wildman–Crippen LogP) is 3.05. The Morgan fingerprint density at radius 3 is 2.73 bits per heavy atom. The number of carboxylic acid groups (broad SMARTS) is 1. The van der Waals surface area contributed by atoms with E-state index in [-0.39, 0.29) is 17.9 Å². The summed E-state index contributed by atoms with van der Waals surface area (Å²) in [6, 6.07) is 14.0. The first kappa shape index (κ1) is 13.9. The third-order valence-electron chi connectivity index (χ3n) is 3.42. The van der Waals surface area contributed by atoms with E-state index in [0.29, 0.717) is 5.69 Å². The molecule has 3 aromatic rings. The maximum atomic E-state index is 12.1. The average Bonchev–Trinajstić information content (AvgIpc) is 2.91. The molecule has 0 aliphatic rings. The van der Waals surface area contributed by atoms with Crippen LogP contribution in [0.15, 0.2) is 54.7 Å². The van der Waals surface area contributed by atoms with Crippen molar-refractivity contribution < 1.29 is 14.7 Å². The summed E-state index contributed by atoms with van der Waals surface area (Å²) >= 11 is 0. The topological polar surface area (TPSA) is 82.2 Å². The first-order valence-electron chi connectivity index (χ1n) is 6.82. The number of amides is 1. The van der Waals surface area contributed by atoms with Crippen molar-refractivity contribution in [2.75, 3.05) is 5.32 Å². The predicted molar refractivity (Wildman–Crippen MR) is 84.0 cm³/mol. The third-order valence-corrected chi connectivity index (χ3v) is 3.42. The minimum atomic E-state index is -1.02. The van der Waals surface area contributed by atoms with Crippen LogP contribution in [-0.2, 0) is 11.2 Å².